The largest absolute Gasteiger partial charge is 0.388 e. The van der Waals surface area contributed by atoms with Gasteiger partial charge in [0, 0.05) is 11.6 Å². The van der Waals surface area contributed by atoms with E-state index < -0.39 is 17.6 Å². The number of Topliss-reactive ketones (excluding diaryl/α,β-unsaturated/α-hetero) is 1. The van der Waals surface area contributed by atoms with Crippen LogP contribution in [0.3, 0.4) is 0 Å². The van der Waals surface area contributed by atoms with Gasteiger partial charge in [-0.1, -0.05) is 43.3 Å². The van der Waals surface area contributed by atoms with Gasteiger partial charge in [0.1, 0.15) is 5.69 Å². The van der Waals surface area contributed by atoms with Crippen LogP contribution in [0.4, 0.5) is 0 Å². The van der Waals surface area contributed by atoms with Crippen LogP contribution < -0.4 is 5.73 Å². The van der Waals surface area contributed by atoms with Crippen LogP contribution in [0.2, 0.25) is 0 Å². The first-order chi connectivity index (χ1) is 10.3. The van der Waals surface area contributed by atoms with Gasteiger partial charge in [-0.3, -0.25) is 4.79 Å². The van der Waals surface area contributed by atoms with Gasteiger partial charge in [0.15, 0.2) is 0 Å². The quantitative estimate of drug-likeness (QED) is 0.832. The van der Waals surface area contributed by atoms with Crippen molar-refractivity contribution in [1.82, 2.24) is 4.98 Å². The van der Waals surface area contributed by atoms with Gasteiger partial charge >= 0.3 is 0 Å². The van der Waals surface area contributed by atoms with Crippen molar-refractivity contribution in [3.63, 3.8) is 0 Å². The molecule has 22 heavy (non-hydrogen) atoms. The van der Waals surface area contributed by atoms with E-state index >= 15 is 0 Å². The molecule has 1 heterocycles. The molecule has 3 N–H and O–H groups in total. The van der Waals surface area contributed by atoms with E-state index in [0.717, 1.165) is 11.3 Å². The molecular formula is C18H22N2O2. The summed E-state index contributed by atoms with van der Waals surface area (Å²) in [4.78, 5) is 16.9. The molecule has 0 aliphatic carbocycles. The summed E-state index contributed by atoms with van der Waals surface area (Å²) >= 11 is 0. The summed E-state index contributed by atoms with van der Waals surface area (Å²) in [6.45, 7) is 5.26. The van der Waals surface area contributed by atoms with E-state index in [1.165, 1.54) is 0 Å². The number of aromatic nitrogens is 1. The molecule has 0 amide bonds. The lowest BCUT2D eigenvalue weighted by Crippen LogP contribution is -2.52. The molecule has 116 valence electrons. The summed E-state index contributed by atoms with van der Waals surface area (Å²) in [5, 5.41) is 10.5. The molecule has 4 heteroatoms. The Labute approximate surface area is 131 Å². The molecule has 0 aliphatic rings. The number of nitrogens with zero attached hydrogens (tertiary/aromatic N) is 1. The number of hydrogen-bond donors (Lipinski definition) is 2. The minimum atomic E-state index is -1.21. The lowest BCUT2D eigenvalue weighted by atomic mass is 9.77. The van der Waals surface area contributed by atoms with Crippen LogP contribution in [-0.4, -0.2) is 21.4 Å². The molecule has 0 spiro atoms. The van der Waals surface area contributed by atoms with E-state index in [1.807, 2.05) is 43.3 Å². The molecule has 0 fully saturated rings. The Balaban J connectivity index is 2.27. The summed E-state index contributed by atoms with van der Waals surface area (Å²) in [7, 11) is 0. The van der Waals surface area contributed by atoms with Crippen LogP contribution in [-0.2, 0) is 0 Å². The maximum absolute atomic E-state index is 12.7. The second-order valence-electron chi connectivity index (χ2n) is 5.92. The van der Waals surface area contributed by atoms with Crippen LogP contribution >= 0.6 is 0 Å². The summed E-state index contributed by atoms with van der Waals surface area (Å²) in [6, 6.07) is 14.5. The number of benzene rings is 1. The Morgan fingerprint density at radius 2 is 1.82 bits per heavy atom. The van der Waals surface area contributed by atoms with Crippen molar-refractivity contribution < 1.29 is 9.90 Å². The van der Waals surface area contributed by atoms with Crippen LogP contribution in [0, 0.1) is 12.8 Å². The smallest absolute Gasteiger partial charge is 0.201 e. The summed E-state index contributed by atoms with van der Waals surface area (Å²) in [6.07, 6.45) is -0.815. The fourth-order valence-electron chi connectivity index (χ4n) is 2.42. The Morgan fingerprint density at radius 1 is 1.18 bits per heavy atom. The minimum Gasteiger partial charge on any atom is -0.388 e. The molecule has 2 aromatic rings. The van der Waals surface area contributed by atoms with Crippen molar-refractivity contribution in [3.05, 3.63) is 65.5 Å². The zero-order valence-electron chi connectivity index (χ0n) is 13.2. The average Bonchev–Trinajstić information content (AvgIpc) is 2.53. The number of hydrogen-bond acceptors (Lipinski definition) is 4. The van der Waals surface area contributed by atoms with Crippen molar-refractivity contribution in [2.75, 3.05) is 0 Å². The number of nitrogens with two attached hydrogens (primary N) is 1. The fraction of sp³-hybridized carbons (Fsp3) is 0.333. The van der Waals surface area contributed by atoms with Gasteiger partial charge in [0.05, 0.1) is 11.6 Å². The van der Waals surface area contributed by atoms with Crippen LogP contribution in [0.25, 0.3) is 0 Å². The van der Waals surface area contributed by atoms with Crippen molar-refractivity contribution in [3.8, 4) is 0 Å². The molecule has 3 unspecified atom stereocenters. The van der Waals surface area contributed by atoms with Gasteiger partial charge in [-0.25, -0.2) is 4.98 Å². The standard InChI is InChI=1S/C18H22N2O2/c1-12-8-7-11-15(20-12)17(22)18(3,19)13(2)16(21)14-9-5-4-6-10-14/h4-11,13,16,21H,19H2,1-3H3. The van der Waals surface area contributed by atoms with E-state index in [1.54, 1.807) is 26.0 Å². The summed E-state index contributed by atoms with van der Waals surface area (Å²) < 4.78 is 0. The number of carbonyl (C=O) groups is 1. The molecule has 4 nitrogen and oxygen atoms in total. The van der Waals surface area contributed by atoms with E-state index in [9.17, 15) is 9.90 Å². The van der Waals surface area contributed by atoms with Crippen molar-refractivity contribution in [1.29, 1.82) is 0 Å². The van der Waals surface area contributed by atoms with E-state index in [-0.39, 0.29) is 5.78 Å². The number of pyridine rings is 1. The average molecular weight is 298 g/mol. The highest BCUT2D eigenvalue weighted by molar-refractivity contribution is 6.01. The Hall–Kier alpha value is -2.04. The normalized spacial score (nSPS) is 16.6. The third-order valence-electron chi connectivity index (χ3n) is 4.17. The monoisotopic (exact) mass is 298 g/mol. The lowest BCUT2D eigenvalue weighted by molar-refractivity contribution is 0.0564. The number of rotatable bonds is 5. The van der Waals surface area contributed by atoms with Crippen LogP contribution in [0.15, 0.2) is 48.5 Å². The van der Waals surface area contributed by atoms with Crippen molar-refractivity contribution in [2.24, 2.45) is 11.7 Å². The number of aliphatic hydroxyl groups excluding tert-OH is 1. The van der Waals surface area contributed by atoms with E-state index in [0.29, 0.717) is 5.69 Å². The first-order valence-corrected chi connectivity index (χ1v) is 7.34. The zero-order chi connectivity index (χ0) is 16.3. The summed E-state index contributed by atoms with van der Waals surface area (Å²) in [5.74, 6) is -0.719. The molecule has 0 aliphatic heterocycles. The molecule has 1 aromatic carbocycles. The van der Waals surface area contributed by atoms with Gasteiger partial charge in [0.25, 0.3) is 0 Å². The number of carbonyl (C=O) groups excluding carboxylic acids is 1. The highest BCUT2D eigenvalue weighted by Gasteiger charge is 2.40. The zero-order valence-corrected chi connectivity index (χ0v) is 13.2. The number of aliphatic hydroxyl groups is 1. The molecule has 0 radical (unpaired) electrons. The first kappa shape index (κ1) is 16.3. The molecule has 0 saturated heterocycles. The number of aryl methyl sites for hydroxylation is 1. The Morgan fingerprint density at radius 3 is 2.41 bits per heavy atom. The Kier molecular flexibility index (Phi) is 4.74. The highest BCUT2D eigenvalue weighted by Crippen LogP contribution is 2.31. The minimum absolute atomic E-state index is 0.265. The predicted octanol–water partition coefficient (Wildman–Crippen LogP) is 2.66. The lowest BCUT2D eigenvalue weighted by Gasteiger charge is -2.33. The van der Waals surface area contributed by atoms with Crippen molar-refractivity contribution >= 4 is 5.78 Å². The van der Waals surface area contributed by atoms with Gasteiger partial charge < -0.3 is 10.8 Å². The molecule has 2 rings (SSSR count). The van der Waals surface area contributed by atoms with Gasteiger partial charge in [-0.15, -0.1) is 0 Å². The molecule has 0 bridgehead atoms. The maximum atomic E-state index is 12.7. The van der Waals surface area contributed by atoms with Gasteiger partial charge in [0.2, 0.25) is 5.78 Å². The number of ketones is 1. The second-order valence-corrected chi connectivity index (χ2v) is 5.92. The van der Waals surface area contributed by atoms with Gasteiger partial charge in [-0.05, 0) is 31.5 Å². The van der Waals surface area contributed by atoms with Crippen molar-refractivity contribution in [2.45, 2.75) is 32.4 Å². The first-order valence-electron chi connectivity index (χ1n) is 7.34. The van der Waals surface area contributed by atoms with E-state index in [4.69, 9.17) is 5.73 Å². The second kappa shape index (κ2) is 6.38. The predicted molar refractivity (Wildman–Crippen MR) is 86.5 cm³/mol. The van der Waals surface area contributed by atoms with Gasteiger partial charge in [-0.2, -0.15) is 0 Å². The summed E-state index contributed by atoms with van der Waals surface area (Å²) in [5.41, 5.74) is 6.90. The fourth-order valence-corrected chi connectivity index (χ4v) is 2.42. The molecule has 0 saturated carbocycles. The maximum Gasteiger partial charge on any atom is 0.201 e. The molecular weight excluding hydrogens is 276 g/mol. The SMILES string of the molecule is Cc1cccc(C(=O)C(C)(N)C(C)C(O)c2ccccc2)n1. The van der Waals surface area contributed by atoms with Crippen LogP contribution in [0.5, 0.6) is 0 Å². The van der Waals surface area contributed by atoms with E-state index in [2.05, 4.69) is 4.98 Å². The van der Waals surface area contributed by atoms with Crippen LogP contribution in [0.1, 0.15) is 41.7 Å². The highest BCUT2D eigenvalue weighted by atomic mass is 16.3. The topological polar surface area (TPSA) is 76.2 Å². The third kappa shape index (κ3) is 3.24. The Bertz CT molecular complexity index is 653. The molecule has 1 aromatic heterocycles. The molecule has 3 atom stereocenters. The third-order valence-corrected chi connectivity index (χ3v) is 4.17.